The van der Waals surface area contributed by atoms with Gasteiger partial charge in [0.2, 0.25) is 0 Å². The summed E-state index contributed by atoms with van der Waals surface area (Å²) in [6.45, 7) is 0. The van der Waals surface area contributed by atoms with E-state index in [2.05, 4.69) is 0 Å². The van der Waals surface area contributed by atoms with Crippen LogP contribution >= 0.6 is 0 Å². The van der Waals surface area contributed by atoms with Crippen molar-refractivity contribution in [2.75, 3.05) is 0 Å². The number of carbonyl (C=O) groups excluding carboxylic acids is 1. The van der Waals surface area contributed by atoms with Gasteiger partial charge in [-0.1, -0.05) is 66.7 Å². The van der Waals surface area contributed by atoms with E-state index >= 15 is 0 Å². The summed E-state index contributed by atoms with van der Waals surface area (Å²) in [6.07, 6.45) is 5.71. The molecule has 4 rings (SSSR count). The van der Waals surface area contributed by atoms with Crippen molar-refractivity contribution in [3.63, 3.8) is 0 Å². The average Bonchev–Trinajstić information content (AvgIpc) is 2.89. The Kier molecular flexibility index (Phi) is 6.68. The number of hydrogen-bond acceptors (Lipinski definition) is 4. The van der Waals surface area contributed by atoms with E-state index in [1.54, 1.807) is 53.5 Å². The van der Waals surface area contributed by atoms with Crippen molar-refractivity contribution < 1.29 is 9.90 Å². The minimum Gasteiger partial charge on any atom is -0.508 e. The van der Waals surface area contributed by atoms with Crippen LogP contribution in [0.15, 0.2) is 114 Å². The maximum Gasteiger partial charge on any atom is 0.258 e. The molecule has 0 fully saturated rings. The fourth-order valence-electron chi connectivity index (χ4n) is 3.95. The molecule has 3 aromatic rings. The van der Waals surface area contributed by atoms with Gasteiger partial charge in [-0.05, 0) is 59.5 Å². The largest absolute Gasteiger partial charge is 0.508 e. The first-order valence-corrected chi connectivity index (χ1v) is 10.8. The van der Waals surface area contributed by atoms with Crippen LogP contribution < -0.4 is 0 Å². The Labute approximate surface area is 198 Å². The molecule has 0 spiro atoms. The lowest BCUT2D eigenvalue weighted by molar-refractivity contribution is 0.0744. The summed E-state index contributed by atoms with van der Waals surface area (Å²) in [5.74, 6) is -0.0115. The van der Waals surface area contributed by atoms with Crippen molar-refractivity contribution >= 4 is 12.0 Å². The van der Waals surface area contributed by atoms with Gasteiger partial charge in [-0.3, -0.25) is 4.79 Å². The molecular formula is C29H21N3O2. The van der Waals surface area contributed by atoms with Gasteiger partial charge in [0.15, 0.2) is 0 Å². The van der Waals surface area contributed by atoms with Crippen molar-refractivity contribution in [3.05, 3.63) is 131 Å². The Balaban J connectivity index is 1.88. The Morgan fingerprint density at radius 2 is 1.50 bits per heavy atom. The lowest BCUT2D eigenvalue weighted by atomic mass is 9.89. The average molecular weight is 444 g/mol. The number of aromatic hydroxyl groups is 1. The summed E-state index contributed by atoms with van der Waals surface area (Å²) in [7, 11) is 0. The molecule has 5 heteroatoms. The van der Waals surface area contributed by atoms with Crippen LogP contribution in [-0.4, -0.2) is 15.9 Å². The van der Waals surface area contributed by atoms with Crippen molar-refractivity contribution in [1.29, 1.82) is 10.5 Å². The third-order valence-corrected chi connectivity index (χ3v) is 5.63. The van der Waals surface area contributed by atoms with Gasteiger partial charge in [-0.15, -0.1) is 0 Å². The first-order chi connectivity index (χ1) is 16.6. The van der Waals surface area contributed by atoms with Gasteiger partial charge in [-0.2, -0.15) is 10.5 Å². The number of allylic oxidation sites excluding steroid dienone is 3. The third-order valence-electron chi connectivity index (χ3n) is 5.63. The molecular weight excluding hydrogens is 422 g/mol. The maximum atomic E-state index is 13.7. The van der Waals surface area contributed by atoms with E-state index in [4.69, 9.17) is 0 Å². The van der Waals surface area contributed by atoms with E-state index in [9.17, 15) is 20.4 Å². The Hall–Kier alpha value is -4.87. The van der Waals surface area contributed by atoms with Crippen LogP contribution in [-0.2, 0) is 0 Å². The number of hydrogen-bond donors (Lipinski definition) is 1. The number of amides is 1. The molecule has 1 amide bonds. The lowest BCUT2D eigenvalue weighted by Crippen LogP contribution is -2.36. The Morgan fingerprint density at radius 3 is 2.12 bits per heavy atom. The summed E-state index contributed by atoms with van der Waals surface area (Å²) >= 11 is 0. The maximum absolute atomic E-state index is 13.7. The summed E-state index contributed by atoms with van der Waals surface area (Å²) in [4.78, 5) is 15.5. The monoisotopic (exact) mass is 443 g/mol. The minimum absolute atomic E-state index is 0.0308. The van der Waals surface area contributed by atoms with Crippen LogP contribution in [0.1, 0.15) is 33.9 Å². The molecule has 0 aliphatic carbocycles. The van der Waals surface area contributed by atoms with Gasteiger partial charge >= 0.3 is 0 Å². The molecule has 0 saturated heterocycles. The highest BCUT2D eigenvalue weighted by molar-refractivity contribution is 5.96. The molecule has 0 aromatic heterocycles. The summed E-state index contributed by atoms with van der Waals surface area (Å²) in [5, 5.41) is 28.6. The van der Waals surface area contributed by atoms with Gasteiger partial charge in [0, 0.05) is 11.3 Å². The molecule has 1 heterocycles. The summed E-state index contributed by atoms with van der Waals surface area (Å²) in [5.41, 5.74) is 3.47. The fourth-order valence-corrected chi connectivity index (χ4v) is 3.95. The number of nitriles is 2. The molecule has 1 aliphatic rings. The number of carbonyl (C=O) groups is 1. The molecule has 1 N–H and O–H groups in total. The van der Waals surface area contributed by atoms with Crippen molar-refractivity contribution in [1.82, 2.24) is 4.90 Å². The van der Waals surface area contributed by atoms with Gasteiger partial charge in [0.05, 0.1) is 6.04 Å². The SMILES string of the molecule is N#CC(C#N)=C1C=C(/C=C/c2ccc(O)cc2)N(C(=O)c2ccccc2)C(c2ccccc2)C1. The predicted octanol–water partition coefficient (Wildman–Crippen LogP) is 5.92. The standard InChI is InChI=1S/C29H21N3O2/c30-19-25(20-31)24-17-26(14-11-21-12-15-27(33)16-13-21)32(29(34)23-9-5-2-6-10-23)28(18-24)22-7-3-1-4-8-22/h1-17,28,33H,18H2/b14-11+. The van der Waals surface area contributed by atoms with Gasteiger partial charge in [-0.25, -0.2) is 0 Å². The van der Waals surface area contributed by atoms with E-state index in [-0.39, 0.29) is 17.2 Å². The summed E-state index contributed by atoms with van der Waals surface area (Å²) in [6, 6.07) is 28.9. The molecule has 0 saturated carbocycles. The highest BCUT2D eigenvalue weighted by atomic mass is 16.3. The zero-order valence-corrected chi connectivity index (χ0v) is 18.3. The van der Waals surface area contributed by atoms with E-state index in [0.29, 0.717) is 23.3 Å². The van der Waals surface area contributed by atoms with Crippen LogP contribution in [0.5, 0.6) is 5.75 Å². The highest BCUT2D eigenvalue weighted by Gasteiger charge is 2.33. The normalized spacial score (nSPS) is 15.4. The van der Waals surface area contributed by atoms with Gasteiger partial charge in [0.25, 0.3) is 5.91 Å². The predicted molar refractivity (Wildman–Crippen MR) is 130 cm³/mol. The highest BCUT2D eigenvalue weighted by Crippen LogP contribution is 2.39. The second kappa shape index (κ2) is 10.2. The van der Waals surface area contributed by atoms with E-state index in [1.165, 1.54) is 0 Å². The van der Waals surface area contributed by atoms with E-state index < -0.39 is 6.04 Å². The molecule has 1 atom stereocenters. The Bertz CT molecular complexity index is 1340. The molecule has 0 bridgehead atoms. The Morgan fingerprint density at radius 1 is 0.882 bits per heavy atom. The number of phenolic OH excluding ortho intramolecular Hbond substituents is 1. The fraction of sp³-hybridized carbons (Fsp3) is 0.0690. The van der Waals surface area contributed by atoms with Gasteiger partial charge < -0.3 is 10.0 Å². The molecule has 1 unspecified atom stereocenters. The van der Waals surface area contributed by atoms with Crippen LogP contribution in [0.4, 0.5) is 0 Å². The second-order valence-corrected chi connectivity index (χ2v) is 7.79. The quantitative estimate of drug-likeness (QED) is 0.507. The number of rotatable bonds is 4. The molecule has 5 nitrogen and oxygen atoms in total. The van der Waals surface area contributed by atoms with E-state index in [0.717, 1.165) is 11.1 Å². The van der Waals surface area contributed by atoms with E-state index in [1.807, 2.05) is 66.7 Å². The molecule has 0 radical (unpaired) electrons. The molecule has 164 valence electrons. The first-order valence-electron chi connectivity index (χ1n) is 10.8. The number of benzene rings is 3. The number of phenols is 1. The zero-order valence-electron chi connectivity index (χ0n) is 18.3. The molecule has 1 aliphatic heterocycles. The molecule has 34 heavy (non-hydrogen) atoms. The third kappa shape index (κ3) is 4.80. The smallest absolute Gasteiger partial charge is 0.258 e. The topological polar surface area (TPSA) is 88.1 Å². The van der Waals surface area contributed by atoms with Gasteiger partial charge in [0.1, 0.15) is 23.5 Å². The molecule has 3 aromatic carbocycles. The second-order valence-electron chi connectivity index (χ2n) is 7.79. The zero-order chi connectivity index (χ0) is 23.9. The number of nitrogens with zero attached hydrogens (tertiary/aromatic N) is 3. The minimum atomic E-state index is -0.398. The van der Waals surface area contributed by atoms with Crippen LogP contribution in [0.2, 0.25) is 0 Å². The van der Waals surface area contributed by atoms with Crippen LogP contribution in [0, 0.1) is 22.7 Å². The van der Waals surface area contributed by atoms with Crippen LogP contribution in [0.3, 0.4) is 0 Å². The van der Waals surface area contributed by atoms with Crippen LogP contribution in [0.25, 0.3) is 6.08 Å². The van der Waals surface area contributed by atoms with Crippen molar-refractivity contribution in [2.24, 2.45) is 0 Å². The summed E-state index contributed by atoms with van der Waals surface area (Å²) < 4.78 is 0. The lowest BCUT2D eigenvalue weighted by Gasteiger charge is -2.37. The van der Waals surface area contributed by atoms with Crippen molar-refractivity contribution in [2.45, 2.75) is 12.5 Å². The first kappa shape index (κ1) is 22.3. The van der Waals surface area contributed by atoms with Crippen molar-refractivity contribution in [3.8, 4) is 17.9 Å².